The molecule has 39 heavy (non-hydrogen) atoms. The number of carboxylic acid groups (broad SMARTS) is 1. The van der Waals surface area contributed by atoms with Gasteiger partial charge in [-0.3, -0.25) is 15.0 Å². The molecule has 2 atom stereocenters. The zero-order chi connectivity index (χ0) is 27.8. The highest BCUT2D eigenvalue weighted by atomic mass is 16.4. The third kappa shape index (κ3) is 6.93. The molecule has 0 fully saturated rings. The molecule has 3 aromatic carbocycles. The molecule has 4 rings (SSSR count). The molecular formula is C32H38N4O3. The van der Waals surface area contributed by atoms with Crippen molar-refractivity contribution in [2.24, 2.45) is 7.05 Å². The molecule has 1 aromatic heterocycles. The van der Waals surface area contributed by atoms with Crippen LogP contribution in [0.25, 0.3) is 10.9 Å². The Hall–Kier alpha value is -3.94. The maximum atomic E-state index is 13.8. The third-order valence-corrected chi connectivity index (χ3v) is 7.26. The average Bonchev–Trinajstić information content (AvgIpc) is 3.28. The number of hydrazine groups is 1. The number of amides is 1. The SMILES string of the molecule is CCN(NCCC(C(=O)O)c1cn(C)c2ccccc12)[C@@H](Cc1ccccc1)C(=O)N(C)Cc1ccccc1. The standard InChI is InChI=1S/C32H38N4O3/c1-4-36(33-20-19-27(32(38)39)28-23-34(2)29-18-12-11-17-26(28)29)30(21-24-13-7-5-8-14-24)31(37)35(3)22-25-15-9-6-10-16-25/h5-18,23,27,30,33H,4,19-22H2,1-3H3,(H,38,39)/t27?,30-/m0/s1. The molecule has 0 radical (unpaired) electrons. The number of fused-ring (bicyclic) bond motifs is 1. The van der Waals surface area contributed by atoms with Crippen molar-refractivity contribution >= 4 is 22.8 Å². The Balaban J connectivity index is 1.50. The van der Waals surface area contributed by atoms with Crippen LogP contribution in [-0.2, 0) is 29.6 Å². The van der Waals surface area contributed by atoms with Gasteiger partial charge in [-0.1, -0.05) is 85.8 Å². The number of carbonyl (C=O) groups excluding carboxylic acids is 1. The predicted octanol–water partition coefficient (Wildman–Crippen LogP) is 4.83. The summed E-state index contributed by atoms with van der Waals surface area (Å²) in [6.45, 7) is 3.54. The summed E-state index contributed by atoms with van der Waals surface area (Å²) >= 11 is 0. The van der Waals surface area contributed by atoms with Crippen molar-refractivity contribution in [3.63, 3.8) is 0 Å². The minimum absolute atomic E-state index is 0.0147. The van der Waals surface area contributed by atoms with Crippen molar-refractivity contribution in [2.45, 2.75) is 38.3 Å². The van der Waals surface area contributed by atoms with Crippen LogP contribution in [0.2, 0.25) is 0 Å². The normalized spacial score (nSPS) is 12.9. The fourth-order valence-corrected chi connectivity index (χ4v) is 5.22. The lowest BCUT2D eigenvalue weighted by molar-refractivity contribution is -0.140. The van der Waals surface area contributed by atoms with Gasteiger partial charge < -0.3 is 14.6 Å². The second kappa shape index (κ2) is 13.2. The number of nitrogens with zero attached hydrogens (tertiary/aromatic N) is 3. The fraction of sp³-hybridized carbons (Fsp3) is 0.312. The van der Waals surface area contributed by atoms with E-state index in [1.54, 1.807) is 4.90 Å². The second-order valence-corrected chi connectivity index (χ2v) is 9.97. The monoisotopic (exact) mass is 526 g/mol. The van der Waals surface area contributed by atoms with E-state index in [-0.39, 0.29) is 5.91 Å². The summed E-state index contributed by atoms with van der Waals surface area (Å²) in [6.07, 6.45) is 2.86. The van der Waals surface area contributed by atoms with Gasteiger partial charge in [0.25, 0.3) is 0 Å². The van der Waals surface area contributed by atoms with Gasteiger partial charge in [0.2, 0.25) is 5.91 Å². The first kappa shape index (κ1) is 28.1. The zero-order valence-corrected chi connectivity index (χ0v) is 23.0. The highest BCUT2D eigenvalue weighted by Crippen LogP contribution is 2.29. The number of aromatic nitrogens is 1. The fourth-order valence-electron chi connectivity index (χ4n) is 5.22. The molecule has 2 N–H and O–H groups in total. The Bertz CT molecular complexity index is 1370. The summed E-state index contributed by atoms with van der Waals surface area (Å²) in [4.78, 5) is 27.9. The first-order valence-corrected chi connectivity index (χ1v) is 13.5. The Kier molecular flexibility index (Phi) is 9.52. The van der Waals surface area contributed by atoms with E-state index in [4.69, 9.17) is 0 Å². The molecule has 0 aliphatic heterocycles. The lowest BCUT2D eigenvalue weighted by atomic mass is 9.95. The van der Waals surface area contributed by atoms with E-state index in [0.29, 0.717) is 32.5 Å². The molecular weight excluding hydrogens is 488 g/mol. The van der Waals surface area contributed by atoms with Gasteiger partial charge in [0, 0.05) is 50.8 Å². The van der Waals surface area contributed by atoms with E-state index in [1.807, 2.05) is 122 Å². The maximum absolute atomic E-state index is 13.8. The topological polar surface area (TPSA) is 77.8 Å². The Labute approximate surface area is 230 Å². The van der Waals surface area contributed by atoms with Gasteiger partial charge in [0.15, 0.2) is 0 Å². The van der Waals surface area contributed by atoms with Crippen LogP contribution >= 0.6 is 0 Å². The molecule has 1 heterocycles. The van der Waals surface area contributed by atoms with E-state index < -0.39 is 17.9 Å². The number of rotatable bonds is 13. The molecule has 0 spiro atoms. The Morgan fingerprint density at radius 2 is 1.54 bits per heavy atom. The Morgan fingerprint density at radius 1 is 0.923 bits per heavy atom. The molecule has 204 valence electrons. The minimum atomic E-state index is -0.851. The van der Waals surface area contributed by atoms with E-state index in [2.05, 4.69) is 5.43 Å². The van der Waals surface area contributed by atoms with Crippen LogP contribution in [0.4, 0.5) is 0 Å². The van der Waals surface area contributed by atoms with E-state index in [1.165, 1.54) is 0 Å². The summed E-state index contributed by atoms with van der Waals surface area (Å²) in [5, 5.41) is 13.0. The number of carboxylic acids is 1. The molecule has 7 heteroatoms. The largest absolute Gasteiger partial charge is 0.481 e. The van der Waals surface area contributed by atoms with E-state index >= 15 is 0 Å². The quantitative estimate of drug-likeness (QED) is 0.244. The second-order valence-electron chi connectivity index (χ2n) is 9.97. The molecule has 7 nitrogen and oxygen atoms in total. The Morgan fingerprint density at radius 3 is 2.18 bits per heavy atom. The average molecular weight is 527 g/mol. The van der Waals surface area contributed by atoms with Crippen molar-refractivity contribution in [2.75, 3.05) is 20.1 Å². The molecule has 0 saturated heterocycles. The number of hydrogen-bond donors (Lipinski definition) is 2. The number of aryl methyl sites for hydroxylation is 1. The maximum Gasteiger partial charge on any atom is 0.311 e. The van der Waals surface area contributed by atoms with Gasteiger partial charge in [0.1, 0.15) is 6.04 Å². The summed E-state index contributed by atoms with van der Waals surface area (Å²) in [5.74, 6) is -1.50. The number of aliphatic carboxylic acids is 1. The molecule has 0 aliphatic carbocycles. The van der Waals surface area contributed by atoms with Gasteiger partial charge in [-0.15, -0.1) is 0 Å². The zero-order valence-electron chi connectivity index (χ0n) is 23.0. The minimum Gasteiger partial charge on any atom is -0.481 e. The van der Waals surface area contributed by atoms with Crippen LogP contribution in [-0.4, -0.2) is 57.6 Å². The molecule has 0 saturated carbocycles. The van der Waals surface area contributed by atoms with Gasteiger partial charge >= 0.3 is 5.97 Å². The smallest absolute Gasteiger partial charge is 0.311 e. The summed E-state index contributed by atoms with van der Waals surface area (Å²) in [5.41, 5.74) is 7.38. The number of hydrogen-bond acceptors (Lipinski definition) is 4. The van der Waals surface area contributed by atoms with Crippen molar-refractivity contribution < 1.29 is 14.7 Å². The summed E-state index contributed by atoms with van der Waals surface area (Å²) in [7, 11) is 3.77. The van der Waals surface area contributed by atoms with Crippen molar-refractivity contribution in [1.29, 1.82) is 0 Å². The molecule has 1 unspecified atom stereocenters. The third-order valence-electron chi connectivity index (χ3n) is 7.26. The van der Waals surface area contributed by atoms with Crippen LogP contribution in [0.15, 0.2) is 91.1 Å². The first-order chi connectivity index (χ1) is 18.9. The van der Waals surface area contributed by atoms with Crippen LogP contribution in [0.5, 0.6) is 0 Å². The van der Waals surface area contributed by atoms with Crippen molar-refractivity contribution in [3.8, 4) is 0 Å². The number of nitrogens with one attached hydrogen (secondary N) is 1. The number of carbonyl (C=O) groups is 2. The predicted molar refractivity (Wildman–Crippen MR) is 155 cm³/mol. The number of benzene rings is 3. The molecule has 4 aromatic rings. The lowest BCUT2D eigenvalue weighted by Gasteiger charge is -2.33. The van der Waals surface area contributed by atoms with Crippen molar-refractivity contribution in [1.82, 2.24) is 19.9 Å². The van der Waals surface area contributed by atoms with Crippen LogP contribution in [0, 0.1) is 0 Å². The van der Waals surface area contributed by atoms with Gasteiger partial charge in [0.05, 0.1) is 5.92 Å². The van der Waals surface area contributed by atoms with Gasteiger partial charge in [-0.05, 0) is 35.6 Å². The summed E-state index contributed by atoms with van der Waals surface area (Å²) < 4.78 is 1.98. The van der Waals surface area contributed by atoms with Gasteiger partial charge in [-0.2, -0.15) is 0 Å². The molecule has 0 aliphatic rings. The highest BCUT2D eigenvalue weighted by Gasteiger charge is 2.29. The van der Waals surface area contributed by atoms with E-state index in [0.717, 1.165) is 27.6 Å². The van der Waals surface area contributed by atoms with Crippen LogP contribution in [0.3, 0.4) is 0 Å². The number of likely N-dealkylation sites (N-methyl/N-ethyl adjacent to an activating group) is 2. The summed E-state index contributed by atoms with van der Waals surface area (Å²) in [6, 6.07) is 27.4. The van der Waals surface area contributed by atoms with E-state index in [9.17, 15) is 14.7 Å². The van der Waals surface area contributed by atoms with Crippen molar-refractivity contribution in [3.05, 3.63) is 108 Å². The van der Waals surface area contributed by atoms with Gasteiger partial charge in [-0.25, -0.2) is 5.01 Å². The van der Waals surface area contributed by atoms with Crippen LogP contribution in [0.1, 0.15) is 36.0 Å². The van der Waals surface area contributed by atoms with Crippen LogP contribution < -0.4 is 5.43 Å². The molecule has 0 bridgehead atoms. The number of para-hydroxylation sites is 1. The first-order valence-electron chi connectivity index (χ1n) is 13.5. The highest BCUT2D eigenvalue weighted by molar-refractivity contribution is 5.89. The molecule has 1 amide bonds. The lowest BCUT2D eigenvalue weighted by Crippen LogP contribution is -2.54.